The maximum atomic E-state index is 12.6. The number of carbonyl (C=O) groups excluding carboxylic acids is 1. The molecule has 0 fully saturated rings. The number of benzene rings is 1. The Balaban J connectivity index is 1.44. The first-order valence-corrected chi connectivity index (χ1v) is 10.8. The molecule has 1 aliphatic carbocycles. The number of hydrogen-bond donors (Lipinski definition) is 2. The fourth-order valence-corrected chi connectivity index (χ4v) is 3.84. The Labute approximate surface area is 182 Å². The number of aryl methyl sites for hydroxylation is 2. The summed E-state index contributed by atoms with van der Waals surface area (Å²) in [6.45, 7) is 7.94. The van der Waals surface area contributed by atoms with E-state index in [1.807, 2.05) is 37.3 Å². The molecule has 2 heterocycles. The summed E-state index contributed by atoms with van der Waals surface area (Å²) in [5.41, 5.74) is 3.78. The van der Waals surface area contributed by atoms with Gasteiger partial charge in [-0.25, -0.2) is 4.98 Å². The average Bonchev–Trinajstić information content (AvgIpc) is 3.20. The van der Waals surface area contributed by atoms with Crippen LogP contribution in [0.1, 0.15) is 54.2 Å². The highest BCUT2D eigenvalue weighted by Crippen LogP contribution is 2.25. The zero-order chi connectivity index (χ0) is 21.8. The van der Waals surface area contributed by atoms with Crippen molar-refractivity contribution in [3.05, 3.63) is 53.0 Å². The van der Waals surface area contributed by atoms with E-state index in [0.29, 0.717) is 17.3 Å². The Morgan fingerprint density at radius 3 is 2.52 bits per heavy atom. The summed E-state index contributed by atoms with van der Waals surface area (Å²) in [5.74, 6) is 2.06. The van der Waals surface area contributed by atoms with Crippen molar-refractivity contribution in [1.29, 1.82) is 0 Å². The Morgan fingerprint density at radius 2 is 1.77 bits per heavy atom. The van der Waals surface area contributed by atoms with Crippen molar-refractivity contribution in [3.63, 3.8) is 0 Å². The Morgan fingerprint density at radius 1 is 1.06 bits per heavy atom. The highest BCUT2D eigenvalue weighted by atomic mass is 16.5. The normalized spacial score (nSPS) is 12.9. The predicted molar refractivity (Wildman–Crippen MR) is 121 cm³/mol. The van der Waals surface area contributed by atoms with E-state index in [0.717, 1.165) is 67.3 Å². The van der Waals surface area contributed by atoms with Gasteiger partial charge in [-0.1, -0.05) is 5.16 Å². The van der Waals surface area contributed by atoms with Gasteiger partial charge in [0.2, 0.25) is 5.95 Å². The van der Waals surface area contributed by atoms with Crippen LogP contribution in [-0.4, -0.2) is 34.1 Å². The lowest BCUT2D eigenvalue weighted by atomic mass is 9.96. The average molecular weight is 421 g/mol. The summed E-state index contributed by atoms with van der Waals surface area (Å²) in [7, 11) is 0. The van der Waals surface area contributed by atoms with Gasteiger partial charge in [0.05, 0.1) is 0 Å². The molecule has 0 spiro atoms. The third kappa shape index (κ3) is 4.68. The van der Waals surface area contributed by atoms with E-state index in [-0.39, 0.29) is 5.91 Å². The Kier molecular flexibility index (Phi) is 6.16. The van der Waals surface area contributed by atoms with E-state index in [1.165, 1.54) is 0 Å². The largest absolute Gasteiger partial charge is 0.360 e. The number of nitrogens with zero attached hydrogens (tertiary/aromatic N) is 4. The topological polar surface area (TPSA) is 96.2 Å². The van der Waals surface area contributed by atoms with Crippen LogP contribution in [0.5, 0.6) is 0 Å². The molecule has 2 aromatic heterocycles. The highest BCUT2D eigenvalue weighted by molar-refractivity contribution is 6.04. The monoisotopic (exact) mass is 420 g/mol. The Hall–Kier alpha value is -3.42. The van der Waals surface area contributed by atoms with Gasteiger partial charge >= 0.3 is 0 Å². The number of carbonyl (C=O) groups is 1. The standard InChI is InChI=1S/C23H28N6O2/c1-4-29(5-2)20-14-15(3)24-23(27-20)26-17-12-10-16(11-13-17)25-22(30)21-18-8-6-7-9-19(18)31-28-21/h10-14H,4-9H2,1-3H3,(H,25,30)(H,24,26,27). The van der Waals surface area contributed by atoms with Gasteiger partial charge in [-0.05, 0) is 64.3 Å². The summed E-state index contributed by atoms with van der Waals surface area (Å²) in [4.78, 5) is 23.9. The minimum atomic E-state index is -0.238. The van der Waals surface area contributed by atoms with Crippen LogP contribution >= 0.6 is 0 Å². The molecule has 1 aromatic carbocycles. The molecule has 31 heavy (non-hydrogen) atoms. The minimum Gasteiger partial charge on any atom is -0.360 e. The summed E-state index contributed by atoms with van der Waals surface area (Å²) >= 11 is 0. The molecule has 0 aliphatic heterocycles. The van der Waals surface area contributed by atoms with Crippen molar-refractivity contribution < 1.29 is 9.32 Å². The first kappa shape index (κ1) is 20.8. The van der Waals surface area contributed by atoms with E-state index in [4.69, 9.17) is 4.52 Å². The highest BCUT2D eigenvalue weighted by Gasteiger charge is 2.24. The second-order valence-corrected chi connectivity index (χ2v) is 7.66. The van der Waals surface area contributed by atoms with Crippen molar-refractivity contribution in [2.24, 2.45) is 0 Å². The quantitative estimate of drug-likeness (QED) is 0.581. The van der Waals surface area contributed by atoms with Crippen LogP contribution in [0.2, 0.25) is 0 Å². The molecule has 1 amide bonds. The molecule has 8 nitrogen and oxygen atoms in total. The van der Waals surface area contributed by atoms with Gasteiger partial charge in [0.15, 0.2) is 5.69 Å². The van der Waals surface area contributed by atoms with Gasteiger partial charge < -0.3 is 20.1 Å². The molecule has 3 aromatic rings. The minimum absolute atomic E-state index is 0.238. The lowest BCUT2D eigenvalue weighted by Crippen LogP contribution is -2.23. The van der Waals surface area contributed by atoms with E-state index in [9.17, 15) is 4.79 Å². The molecule has 2 N–H and O–H groups in total. The fraction of sp³-hybridized carbons (Fsp3) is 0.391. The van der Waals surface area contributed by atoms with Crippen molar-refractivity contribution in [2.75, 3.05) is 28.6 Å². The van der Waals surface area contributed by atoms with Crippen LogP contribution < -0.4 is 15.5 Å². The number of amides is 1. The van der Waals surface area contributed by atoms with E-state index in [2.05, 4.69) is 44.5 Å². The van der Waals surface area contributed by atoms with E-state index < -0.39 is 0 Å². The van der Waals surface area contributed by atoms with Crippen LogP contribution in [0.25, 0.3) is 0 Å². The second-order valence-electron chi connectivity index (χ2n) is 7.66. The molecular formula is C23H28N6O2. The van der Waals surface area contributed by atoms with Gasteiger partial charge in [-0.2, -0.15) is 4.98 Å². The number of aromatic nitrogens is 3. The molecule has 8 heteroatoms. The van der Waals surface area contributed by atoms with Crippen molar-refractivity contribution in [1.82, 2.24) is 15.1 Å². The number of anilines is 4. The summed E-state index contributed by atoms with van der Waals surface area (Å²) in [5, 5.41) is 10.1. The Bertz CT molecular complexity index is 1060. The van der Waals surface area contributed by atoms with Crippen LogP contribution in [-0.2, 0) is 12.8 Å². The van der Waals surface area contributed by atoms with Gasteiger partial charge in [-0.3, -0.25) is 4.79 Å². The molecule has 4 rings (SSSR count). The van der Waals surface area contributed by atoms with Gasteiger partial charge in [0.1, 0.15) is 11.6 Å². The molecule has 0 atom stereocenters. The maximum Gasteiger partial charge on any atom is 0.278 e. The second kappa shape index (κ2) is 9.16. The van der Waals surface area contributed by atoms with Crippen molar-refractivity contribution >= 4 is 29.0 Å². The maximum absolute atomic E-state index is 12.6. The number of hydrogen-bond acceptors (Lipinski definition) is 7. The first-order valence-electron chi connectivity index (χ1n) is 10.8. The molecule has 1 aliphatic rings. The summed E-state index contributed by atoms with van der Waals surface area (Å²) < 4.78 is 5.35. The van der Waals surface area contributed by atoms with Gasteiger partial charge in [0, 0.05) is 48.2 Å². The fourth-order valence-electron chi connectivity index (χ4n) is 3.84. The molecule has 0 saturated carbocycles. The van der Waals surface area contributed by atoms with Gasteiger partial charge in [-0.15, -0.1) is 0 Å². The van der Waals surface area contributed by atoms with Crippen LogP contribution in [0.15, 0.2) is 34.9 Å². The number of fused-ring (bicyclic) bond motifs is 1. The molecule has 0 radical (unpaired) electrons. The first-order chi connectivity index (χ1) is 15.1. The zero-order valence-corrected chi connectivity index (χ0v) is 18.2. The predicted octanol–water partition coefficient (Wildman–Crippen LogP) is 4.49. The van der Waals surface area contributed by atoms with E-state index in [1.54, 1.807) is 0 Å². The van der Waals surface area contributed by atoms with E-state index >= 15 is 0 Å². The number of rotatable bonds is 7. The molecular weight excluding hydrogens is 392 g/mol. The molecule has 0 saturated heterocycles. The molecule has 162 valence electrons. The lowest BCUT2D eigenvalue weighted by Gasteiger charge is -2.20. The summed E-state index contributed by atoms with van der Waals surface area (Å²) in [6.07, 6.45) is 3.84. The SMILES string of the molecule is CCN(CC)c1cc(C)nc(Nc2ccc(NC(=O)c3noc4c3CCCC4)cc2)n1. The van der Waals surface area contributed by atoms with Crippen LogP contribution in [0.4, 0.5) is 23.1 Å². The zero-order valence-electron chi connectivity index (χ0n) is 18.2. The van der Waals surface area contributed by atoms with Crippen LogP contribution in [0.3, 0.4) is 0 Å². The molecule has 0 bridgehead atoms. The van der Waals surface area contributed by atoms with Crippen molar-refractivity contribution in [2.45, 2.75) is 46.5 Å². The smallest absolute Gasteiger partial charge is 0.278 e. The summed E-state index contributed by atoms with van der Waals surface area (Å²) in [6, 6.07) is 9.44. The third-order valence-electron chi connectivity index (χ3n) is 5.49. The van der Waals surface area contributed by atoms with Crippen LogP contribution in [0, 0.1) is 6.92 Å². The number of nitrogens with one attached hydrogen (secondary N) is 2. The van der Waals surface area contributed by atoms with Crippen molar-refractivity contribution in [3.8, 4) is 0 Å². The third-order valence-corrected chi connectivity index (χ3v) is 5.49. The lowest BCUT2D eigenvalue weighted by molar-refractivity contribution is 0.101. The van der Waals surface area contributed by atoms with Gasteiger partial charge in [0.25, 0.3) is 5.91 Å². The molecule has 0 unspecified atom stereocenters.